The van der Waals surface area contributed by atoms with E-state index < -0.39 is 10.0 Å². The molecule has 0 aliphatic heterocycles. The maximum absolute atomic E-state index is 12.6. The Bertz CT molecular complexity index is 816. The molecule has 0 spiro atoms. The molecule has 0 unspecified atom stereocenters. The molecule has 0 aliphatic rings. The highest BCUT2D eigenvalue weighted by atomic mass is 79.9. The SMILES string of the molecule is COc1ccc(S(=O)(=O)Nc2ccc(Br)cc2C)c(C)c1C. The molecule has 0 fully saturated rings. The minimum atomic E-state index is -3.65. The molecule has 0 amide bonds. The third-order valence-electron chi connectivity index (χ3n) is 3.63. The van der Waals surface area contributed by atoms with E-state index in [4.69, 9.17) is 4.74 Å². The van der Waals surface area contributed by atoms with E-state index in [9.17, 15) is 8.42 Å². The predicted octanol–water partition coefficient (Wildman–Crippen LogP) is 4.18. The molecule has 0 atom stereocenters. The van der Waals surface area contributed by atoms with Gasteiger partial charge in [-0.15, -0.1) is 0 Å². The van der Waals surface area contributed by atoms with Gasteiger partial charge in [-0.2, -0.15) is 0 Å². The number of rotatable bonds is 4. The molecule has 2 rings (SSSR count). The molecule has 6 heteroatoms. The molecule has 4 nitrogen and oxygen atoms in total. The van der Waals surface area contributed by atoms with Gasteiger partial charge in [-0.05, 0) is 67.8 Å². The molecule has 0 radical (unpaired) electrons. The highest BCUT2D eigenvalue weighted by molar-refractivity contribution is 9.10. The van der Waals surface area contributed by atoms with E-state index in [1.54, 1.807) is 38.3 Å². The van der Waals surface area contributed by atoms with Gasteiger partial charge in [0.1, 0.15) is 5.75 Å². The zero-order valence-corrected chi connectivity index (χ0v) is 15.3. The largest absolute Gasteiger partial charge is 0.496 e. The smallest absolute Gasteiger partial charge is 0.262 e. The average Bonchev–Trinajstić information content (AvgIpc) is 2.44. The van der Waals surface area contributed by atoms with Crippen molar-refractivity contribution >= 4 is 31.6 Å². The van der Waals surface area contributed by atoms with E-state index in [1.165, 1.54) is 0 Å². The first-order valence-electron chi connectivity index (χ1n) is 6.69. The summed E-state index contributed by atoms with van der Waals surface area (Å²) in [5, 5.41) is 0. The molecule has 0 saturated heterocycles. The van der Waals surface area contributed by atoms with Crippen molar-refractivity contribution in [1.82, 2.24) is 0 Å². The van der Waals surface area contributed by atoms with Gasteiger partial charge in [0.15, 0.2) is 0 Å². The van der Waals surface area contributed by atoms with Crippen LogP contribution < -0.4 is 9.46 Å². The summed E-state index contributed by atoms with van der Waals surface area (Å²) in [6.07, 6.45) is 0. The van der Waals surface area contributed by atoms with Crippen LogP contribution in [0.1, 0.15) is 16.7 Å². The van der Waals surface area contributed by atoms with Crippen molar-refractivity contribution in [3.05, 3.63) is 51.5 Å². The Hall–Kier alpha value is -1.53. The zero-order chi connectivity index (χ0) is 16.5. The normalized spacial score (nSPS) is 11.3. The Kier molecular flexibility index (Phi) is 4.82. The first-order chi connectivity index (χ1) is 10.3. The van der Waals surface area contributed by atoms with Crippen molar-refractivity contribution in [2.45, 2.75) is 25.7 Å². The van der Waals surface area contributed by atoms with Crippen LogP contribution >= 0.6 is 15.9 Å². The number of hydrogen-bond donors (Lipinski definition) is 1. The third-order valence-corrected chi connectivity index (χ3v) is 5.63. The third kappa shape index (κ3) is 3.28. The van der Waals surface area contributed by atoms with Gasteiger partial charge in [0.2, 0.25) is 0 Å². The molecular weight excluding hydrogens is 366 g/mol. The lowest BCUT2D eigenvalue weighted by molar-refractivity contribution is 0.411. The molecular formula is C16H18BrNO3S. The van der Waals surface area contributed by atoms with Crippen LogP contribution in [-0.4, -0.2) is 15.5 Å². The van der Waals surface area contributed by atoms with E-state index in [0.717, 1.165) is 15.6 Å². The van der Waals surface area contributed by atoms with Crippen LogP contribution in [0, 0.1) is 20.8 Å². The Morgan fingerprint density at radius 2 is 1.73 bits per heavy atom. The number of sulfonamides is 1. The van der Waals surface area contributed by atoms with Crippen molar-refractivity contribution < 1.29 is 13.2 Å². The lowest BCUT2D eigenvalue weighted by Gasteiger charge is -2.15. The molecule has 0 aliphatic carbocycles. The number of halogens is 1. The number of aryl methyl sites for hydroxylation is 1. The summed E-state index contributed by atoms with van der Waals surface area (Å²) < 4.78 is 34.1. The molecule has 118 valence electrons. The first kappa shape index (κ1) is 16.8. The minimum absolute atomic E-state index is 0.258. The molecule has 0 aromatic heterocycles. The number of hydrogen-bond acceptors (Lipinski definition) is 3. The molecule has 1 N–H and O–H groups in total. The lowest BCUT2D eigenvalue weighted by Crippen LogP contribution is -2.15. The number of anilines is 1. The Labute approximate surface area is 139 Å². The van der Waals surface area contributed by atoms with E-state index in [-0.39, 0.29) is 4.90 Å². The van der Waals surface area contributed by atoms with Gasteiger partial charge >= 0.3 is 0 Å². The van der Waals surface area contributed by atoms with Crippen LogP contribution in [0.25, 0.3) is 0 Å². The van der Waals surface area contributed by atoms with Crippen molar-refractivity contribution in [3.63, 3.8) is 0 Å². The molecule has 2 aromatic rings. The van der Waals surface area contributed by atoms with Gasteiger partial charge in [-0.3, -0.25) is 4.72 Å². The van der Waals surface area contributed by atoms with Crippen LogP contribution in [0.4, 0.5) is 5.69 Å². The Morgan fingerprint density at radius 1 is 1.05 bits per heavy atom. The molecule has 0 saturated carbocycles. The minimum Gasteiger partial charge on any atom is -0.496 e. The van der Waals surface area contributed by atoms with Crippen LogP contribution in [-0.2, 0) is 10.0 Å². The maximum Gasteiger partial charge on any atom is 0.262 e. The molecule has 22 heavy (non-hydrogen) atoms. The fourth-order valence-electron chi connectivity index (χ4n) is 2.22. The Balaban J connectivity index is 2.45. The summed E-state index contributed by atoms with van der Waals surface area (Å²) in [5.41, 5.74) is 2.91. The first-order valence-corrected chi connectivity index (χ1v) is 8.97. The van der Waals surface area contributed by atoms with Gasteiger partial charge in [0.05, 0.1) is 17.7 Å². The number of benzene rings is 2. The fraction of sp³-hybridized carbons (Fsp3) is 0.250. The summed E-state index contributed by atoms with van der Waals surface area (Å²) in [6.45, 7) is 5.48. The number of nitrogens with one attached hydrogen (secondary N) is 1. The van der Waals surface area contributed by atoms with Gasteiger partial charge in [0.25, 0.3) is 10.0 Å². The van der Waals surface area contributed by atoms with Crippen molar-refractivity contribution in [3.8, 4) is 5.75 Å². The second-order valence-corrected chi connectivity index (χ2v) is 7.65. The highest BCUT2D eigenvalue weighted by Crippen LogP contribution is 2.29. The van der Waals surface area contributed by atoms with E-state index in [1.807, 2.05) is 19.9 Å². The average molecular weight is 384 g/mol. The summed E-state index contributed by atoms with van der Waals surface area (Å²) >= 11 is 3.37. The topological polar surface area (TPSA) is 55.4 Å². The lowest BCUT2D eigenvalue weighted by atomic mass is 10.1. The monoisotopic (exact) mass is 383 g/mol. The Morgan fingerprint density at radius 3 is 2.32 bits per heavy atom. The number of methoxy groups -OCH3 is 1. The highest BCUT2D eigenvalue weighted by Gasteiger charge is 2.20. The van der Waals surface area contributed by atoms with Crippen LogP contribution in [0.3, 0.4) is 0 Å². The summed E-state index contributed by atoms with van der Waals surface area (Å²) in [4.78, 5) is 0.258. The molecule has 0 heterocycles. The van der Waals surface area contributed by atoms with Crippen LogP contribution in [0.2, 0.25) is 0 Å². The van der Waals surface area contributed by atoms with Crippen LogP contribution in [0.5, 0.6) is 5.75 Å². The van der Waals surface area contributed by atoms with Gasteiger partial charge < -0.3 is 4.74 Å². The quantitative estimate of drug-likeness (QED) is 0.860. The van der Waals surface area contributed by atoms with Crippen molar-refractivity contribution in [2.24, 2.45) is 0 Å². The summed E-state index contributed by atoms with van der Waals surface area (Å²) in [5.74, 6) is 0.677. The van der Waals surface area contributed by atoms with E-state index >= 15 is 0 Å². The van der Waals surface area contributed by atoms with Gasteiger partial charge in [-0.25, -0.2) is 8.42 Å². The van der Waals surface area contributed by atoms with Crippen molar-refractivity contribution in [1.29, 1.82) is 0 Å². The zero-order valence-electron chi connectivity index (χ0n) is 12.9. The molecule has 2 aromatic carbocycles. The predicted molar refractivity (Wildman–Crippen MR) is 92.2 cm³/mol. The van der Waals surface area contributed by atoms with Crippen molar-refractivity contribution in [2.75, 3.05) is 11.8 Å². The molecule has 0 bridgehead atoms. The second-order valence-electron chi connectivity index (χ2n) is 5.08. The standard InChI is InChI=1S/C16H18BrNO3S/c1-10-9-13(17)5-6-14(10)18-22(19,20)16-8-7-15(21-4)11(2)12(16)3/h5-9,18H,1-4H3. The van der Waals surface area contributed by atoms with E-state index in [2.05, 4.69) is 20.7 Å². The second kappa shape index (κ2) is 6.30. The van der Waals surface area contributed by atoms with Crippen LogP contribution in [0.15, 0.2) is 39.7 Å². The van der Waals surface area contributed by atoms with Gasteiger partial charge in [-0.1, -0.05) is 15.9 Å². The fourth-order valence-corrected chi connectivity index (χ4v) is 4.13. The van der Waals surface area contributed by atoms with Gasteiger partial charge in [0, 0.05) is 4.47 Å². The van der Waals surface area contributed by atoms with E-state index in [0.29, 0.717) is 17.0 Å². The number of ether oxygens (including phenoxy) is 1. The summed E-state index contributed by atoms with van der Waals surface area (Å²) in [7, 11) is -2.08. The maximum atomic E-state index is 12.6. The summed E-state index contributed by atoms with van der Waals surface area (Å²) in [6, 6.07) is 8.65.